The summed E-state index contributed by atoms with van der Waals surface area (Å²) in [6, 6.07) is 8.74. The molecule has 1 nitrogen and oxygen atoms in total. The monoisotopic (exact) mass is 197 g/mol. The van der Waals surface area contributed by atoms with Crippen molar-refractivity contribution >= 4 is 5.70 Å². The molecule has 76 valence electrons. The second kappa shape index (κ2) is 2.99. The molecule has 0 unspecified atom stereocenters. The molecule has 0 amide bonds. The van der Waals surface area contributed by atoms with Crippen molar-refractivity contribution in [2.24, 2.45) is 0 Å². The van der Waals surface area contributed by atoms with Crippen LogP contribution in [0, 0.1) is 0 Å². The second-order valence-electron chi connectivity index (χ2n) is 4.54. The topological polar surface area (TPSA) is 3.24 Å². The van der Waals surface area contributed by atoms with E-state index in [-0.39, 0.29) is 0 Å². The highest BCUT2D eigenvalue weighted by atomic mass is 15.2. The van der Waals surface area contributed by atoms with Gasteiger partial charge in [-0.1, -0.05) is 35.9 Å². The van der Waals surface area contributed by atoms with Crippen molar-refractivity contribution in [3.63, 3.8) is 0 Å². The summed E-state index contributed by atoms with van der Waals surface area (Å²) in [7, 11) is 0. The van der Waals surface area contributed by atoms with E-state index in [2.05, 4.69) is 49.1 Å². The molecule has 2 heterocycles. The first kappa shape index (κ1) is 8.78. The summed E-state index contributed by atoms with van der Waals surface area (Å²) in [4.78, 5) is 2.48. The lowest BCUT2D eigenvalue weighted by molar-refractivity contribution is 0.437. The average molecular weight is 197 g/mol. The van der Waals surface area contributed by atoms with Crippen LogP contribution in [0.1, 0.15) is 25.0 Å². The van der Waals surface area contributed by atoms with Gasteiger partial charge in [0.25, 0.3) is 0 Å². The Morgan fingerprint density at radius 1 is 1.07 bits per heavy atom. The molecule has 0 spiro atoms. The molecule has 2 aliphatic rings. The van der Waals surface area contributed by atoms with Gasteiger partial charge in [0.05, 0.1) is 0 Å². The molecule has 15 heavy (non-hydrogen) atoms. The van der Waals surface area contributed by atoms with Gasteiger partial charge in [0.2, 0.25) is 0 Å². The van der Waals surface area contributed by atoms with Gasteiger partial charge in [-0.25, -0.2) is 0 Å². The van der Waals surface area contributed by atoms with Crippen LogP contribution in [0.15, 0.2) is 41.5 Å². The van der Waals surface area contributed by atoms with Gasteiger partial charge in [-0.15, -0.1) is 0 Å². The predicted octanol–water partition coefficient (Wildman–Crippen LogP) is 3.19. The van der Waals surface area contributed by atoms with Gasteiger partial charge < -0.3 is 4.90 Å². The molecule has 0 radical (unpaired) electrons. The van der Waals surface area contributed by atoms with Crippen LogP contribution in [-0.4, -0.2) is 11.4 Å². The molecule has 0 bridgehead atoms. The van der Waals surface area contributed by atoms with Crippen molar-refractivity contribution in [3.8, 4) is 0 Å². The van der Waals surface area contributed by atoms with Crippen molar-refractivity contribution < 1.29 is 0 Å². The smallest absolute Gasteiger partial charge is 0.0478 e. The lowest BCUT2D eigenvalue weighted by Gasteiger charge is -2.26. The number of nitrogens with zero attached hydrogens (tertiary/aromatic N) is 1. The third-order valence-electron chi connectivity index (χ3n) is 3.23. The average Bonchev–Trinajstić information content (AvgIpc) is 2.54. The maximum absolute atomic E-state index is 2.48. The minimum absolute atomic E-state index is 1.08. The van der Waals surface area contributed by atoms with E-state index in [4.69, 9.17) is 0 Å². The van der Waals surface area contributed by atoms with E-state index in [1.54, 1.807) is 0 Å². The minimum atomic E-state index is 1.08. The molecule has 3 rings (SSSR count). The quantitative estimate of drug-likeness (QED) is 0.617. The van der Waals surface area contributed by atoms with Crippen LogP contribution in [0.5, 0.6) is 0 Å². The zero-order chi connectivity index (χ0) is 10.4. The standard InChI is InChI=1S/C14H15N/c1-10-7-11(2)14-13-6-4-3-5-12(13)9-15(14)8-10/h3-7H,8-9H2,1-2H3. The second-order valence-corrected chi connectivity index (χ2v) is 4.54. The molecule has 1 aromatic carbocycles. The predicted molar refractivity (Wildman–Crippen MR) is 63.2 cm³/mol. The zero-order valence-corrected chi connectivity index (χ0v) is 9.25. The van der Waals surface area contributed by atoms with Gasteiger partial charge in [-0.3, -0.25) is 0 Å². The Kier molecular flexibility index (Phi) is 1.75. The fraction of sp³-hybridized carbons (Fsp3) is 0.286. The summed E-state index contributed by atoms with van der Waals surface area (Å²) in [6.07, 6.45) is 2.31. The SMILES string of the molecule is CC1=CC(C)=C2c3ccccc3CN2C1. The Morgan fingerprint density at radius 2 is 1.87 bits per heavy atom. The molecule has 2 aliphatic heterocycles. The number of allylic oxidation sites excluding steroid dienone is 2. The van der Waals surface area contributed by atoms with E-state index in [9.17, 15) is 0 Å². The maximum atomic E-state index is 2.48. The number of hydrogen-bond donors (Lipinski definition) is 0. The molecule has 0 fully saturated rings. The molecule has 0 saturated heterocycles. The van der Waals surface area contributed by atoms with E-state index >= 15 is 0 Å². The van der Waals surface area contributed by atoms with E-state index in [0.717, 1.165) is 13.1 Å². The van der Waals surface area contributed by atoms with Crippen molar-refractivity contribution in [2.75, 3.05) is 6.54 Å². The van der Waals surface area contributed by atoms with Crippen LogP contribution in [0.3, 0.4) is 0 Å². The first-order chi connectivity index (χ1) is 7.25. The highest BCUT2D eigenvalue weighted by Gasteiger charge is 2.26. The molecule has 0 N–H and O–H groups in total. The Morgan fingerprint density at radius 3 is 2.73 bits per heavy atom. The van der Waals surface area contributed by atoms with Gasteiger partial charge >= 0.3 is 0 Å². The number of fused-ring (bicyclic) bond motifs is 3. The van der Waals surface area contributed by atoms with E-state index in [1.807, 2.05) is 0 Å². The lowest BCUT2D eigenvalue weighted by atomic mass is 10.0. The lowest BCUT2D eigenvalue weighted by Crippen LogP contribution is -2.21. The maximum Gasteiger partial charge on any atom is 0.0478 e. The third kappa shape index (κ3) is 1.23. The highest BCUT2D eigenvalue weighted by molar-refractivity contribution is 5.76. The Balaban J connectivity index is 2.20. The zero-order valence-electron chi connectivity index (χ0n) is 9.25. The van der Waals surface area contributed by atoms with Crippen LogP contribution in [-0.2, 0) is 6.54 Å². The minimum Gasteiger partial charge on any atom is -0.362 e. The summed E-state index contributed by atoms with van der Waals surface area (Å²) in [6.45, 7) is 6.59. The Bertz CT molecular complexity index is 480. The number of rotatable bonds is 0. The van der Waals surface area contributed by atoms with Crippen molar-refractivity contribution in [3.05, 3.63) is 52.6 Å². The van der Waals surface area contributed by atoms with Crippen molar-refractivity contribution in [2.45, 2.75) is 20.4 Å². The van der Waals surface area contributed by atoms with Gasteiger partial charge in [0.15, 0.2) is 0 Å². The first-order valence-corrected chi connectivity index (χ1v) is 5.47. The van der Waals surface area contributed by atoms with Crippen LogP contribution < -0.4 is 0 Å². The van der Waals surface area contributed by atoms with E-state index < -0.39 is 0 Å². The highest BCUT2D eigenvalue weighted by Crippen LogP contribution is 2.37. The summed E-state index contributed by atoms with van der Waals surface area (Å²) >= 11 is 0. The van der Waals surface area contributed by atoms with Crippen LogP contribution in [0.2, 0.25) is 0 Å². The van der Waals surface area contributed by atoms with Gasteiger partial charge in [0, 0.05) is 24.4 Å². The largest absolute Gasteiger partial charge is 0.362 e. The molecule has 0 aromatic heterocycles. The summed E-state index contributed by atoms with van der Waals surface area (Å²) in [5.41, 5.74) is 7.21. The van der Waals surface area contributed by atoms with Gasteiger partial charge in [-0.2, -0.15) is 0 Å². The number of benzene rings is 1. The van der Waals surface area contributed by atoms with Crippen LogP contribution >= 0.6 is 0 Å². The fourth-order valence-corrected chi connectivity index (χ4v) is 2.73. The molecule has 1 heteroatoms. The van der Waals surface area contributed by atoms with Crippen molar-refractivity contribution in [1.29, 1.82) is 0 Å². The summed E-state index contributed by atoms with van der Waals surface area (Å²) in [5.74, 6) is 0. The third-order valence-corrected chi connectivity index (χ3v) is 3.23. The molecular weight excluding hydrogens is 182 g/mol. The van der Waals surface area contributed by atoms with Crippen LogP contribution in [0.25, 0.3) is 5.70 Å². The van der Waals surface area contributed by atoms with Crippen molar-refractivity contribution in [1.82, 2.24) is 4.90 Å². The molecule has 1 aromatic rings. The number of hydrogen-bond acceptors (Lipinski definition) is 1. The molecule has 0 aliphatic carbocycles. The molecule has 0 saturated carbocycles. The Labute approximate surface area is 90.7 Å². The molecular formula is C14H15N. The van der Waals surface area contributed by atoms with E-state index in [0.29, 0.717) is 0 Å². The summed E-state index contributed by atoms with van der Waals surface area (Å²) < 4.78 is 0. The van der Waals surface area contributed by atoms with Crippen LogP contribution in [0.4, 0.5) is 0 Å². The first-order valence-electron chi connectivity index (χ1n) is 5.47. The fourth-order valence-electron chi connectivity index (χ4n) is 2.73. The molecule has 0 atom stereocenters. The Hall–Kier alpha value is -1.50. The summed E-state index contributed by atoms with van der Waals surface area (Å²) in [5, 5.41) is 0. The van der Waals surface area contributed by atoms with Gasteiger partial charge in [0.1, 0.15) is 0 Å². The van der Waals surface area contributed by atoms with Gasteiger partial charge in [-0.05, 0) is 25.0 Å². The van der Waals surface area contributed by atoms with E-state index in [1.165, 1.54) is 28.0 Å². The normalized spacial score (nSPS) is 18.8.